The number of amides is 2. The molecule has 182 valence electrons. The van der Waals surface area contributed by atoms with E-state index in [1.807, 2.05) is 29.2 Å². The summed E-state index contributed by atoms with van der Waals surface area (Å²) in [5.74, 6) is 3.64. The molecule has 4 bridgehead atoms. The van der Waals surface area contributed by atoms with Crippen molar-refractivity contribution in [3.05, 3.63) is 30.1 Å². The molecule has 4 saturated carbocycles. The number of hydrogen-bond donors (Lipinski definition) is 1. The number of imidazole rings is 1. The fraction of sp³-hybridized carbons (Fsp3) is 0.679. The van der Waals surface area contributed by atoms with E-state index in [9.17, 15) is 9.59 Å². The van der Waals surface area contributed by atoms with Gasteiger partial charge in [-0.3, -0.25) is 9.59 Å². The Morgan fingerprint density at radius 3 is 2.47 bits per heavy atom. The van der Waals surface area contributed by atoms with Crippen LogP contribution in [0, 0.1) is 23.2 Å². The van der Waals surface area contributed by atoms with Gasteiger partial charge in [0.15, 0.2) is 0 Å². The maximum atomic E-state index is 13.4. The molecule has 5 aliphatic rings. The normalized spacial score (nSPS) is 32.3. The Kier molecular flexibility index (Phi) is 5.65. The van der Waals surface area contributed by atoms with Gasteiger partial charge in [0.2, 0.25) is 11.8 Å². The molecule has 6 nitrogen and oxygen atoms in total. The van der Waals surface area contributed by atoms with E-state index < -0.39 is 0 Å². The fourth-order valence-corrected chi connectivity index (χ4v) is 8.05. The SMILES string of the molecule is CC1CCCCN1C(=O)Cn1c(CCNC(=O)C23CC4CC(CC(C4)C2)C3)nc2ccccc21. The zero-order valence-electron chi connectivity index (χ0n) is 20.5. The minimum atomic E-state index is -0.116. The van der Waals surface area contributed by atoms with E-state index in [-0.39, 0.29) is 17.2 Å². The highest BCUT2D eigenvalue weighted by molar-refractivity contribution is 5.83. The zero-order chi connectivity index (χ0) is 23.3. The van der Waals surface area contributed by atoms with E-state index in [0.29, 0.717) is 25.6 Å². The van der Waals surface area contributed by atoms with Crippen LogP contribution in [0.2, 0.25) is 0 Å². The van der Waals surface area contributed by atoms with E-state index in [1.165, 1.54) is 25.7 Å². The van der Waals surface area contributed by atoms with Gasteiger partial charge in [0, 0.05) is 31.0 Å². The van der Waals surface area contributed by atoms with E-state index in [2.05, 4.69) is 16.8 Å². The summed E-state index contributed by atoms with van der Waals surface area (Å²) in [7, 11) is 0. The van der Waals surface area contributed by atoms with Crippen molar-refractivity contribution in [3.63, 3.8) is 0 Å². The molecule has 2 heterocycles. The maximum Gasteiger partial charge on any atom is 0.242 e. The van der Waals surface area contributed by atoms with Crippen LogP contribution in [-0.2, 0) is 22.6 Å². The van der Waals surface area contributed by atoms with Crippen LogP contribution in [0.15, 0.2) is 24.3 Å². The number of benzene rings is 1. The van der Waals surface area contributed by atoms with Gasteiger partial charge in [-0.2, -0.15) is 0 Å². The fourth-order valence-electron chi connectivity index (χ4n) is 8.05. The lowest BCUT2D eigenvalue weighted by Crippen LogP contribution is -2.53. The van der Waals surface area contributed by atoms with E-state index in [0.717, 1.165) is 73.3 Å². The van der Waals surface area contributed by atoms with Gasteiger partial charge in [-0.25, -0.2) is 4.98 Å². The molecule has 2 aromatic rings. The van der Waals surface area contributed by atoms with E-state index in [4.69, 9.17) is 4.98 Å². The highest BCUT2D eigenvalue weighted by Crippen LogP contribution is 2.60. The molecule has 1 aromatic carbocycles. The number of carbonyl (C=O) groups is 2. The molecule has 1 unspecified atom stereocenters. The third-order valence-corrected chi connectivity index (χ3v) is 9.30. The molecule has 1 aromatic heterocycles. The summed E-state index contributed by atoms with van der Waals surface area (Å²) in [5, 5.41) is 3.30. The summed E-state index contributed by atoms with van der Waals surface area (Å²) < 4.78 is 2.08. The van der Waals surface area contributed by atoms with Crippen LogP contribution in [-0.4, -0.2) is 45.4 Å². The van der Waals surface area contributed by atoms with Gasteiger partial charge in [-0.05, 0) is 94.6 Å². The first-order valence-electron chi connectivity index (χ1n) is 13.5. The molecular formula is C28H38N4O2. The monoisotopic (exact) mass is 462 g/mol. The molecule has 34 heavy (non-hydrogen) atoms. The lowest BCUT2D eigenvalue weighted by molar-refractivity contribution is -0.146. The molecule has 4 aliphatic carbocycles. The average molecular weight is 463 g/mol. The number of likely N-dealkylation sites (tertiary alicyclic amines) is 1. The minimum absolute atomic E-state index is 0.116. The minimum Gasteiger partial charge on any atom is -0.355 e. The Labute approximate surface area is 202 Å². The molecule has 0 spiro atoms. The predicted molar refractivity (Wildman–Crippen MR) is 132 cm³/mol. The van der Waals surface area contributed by atoms with Gasteiger partial charge < -0.3 is 14.8 Å². The van der Waals surface area contributed by atoms with Crippen LogP contribution in [0.4, 0.5) is 0 Å². The van der Waals surface area contributed by atoms with Crippen molar-refractivity contribution in [2.24, 2.45) is 23.2 Å². The highest BCUT2D eigenvalue weighted by Gasteiger charge is 2.54. The Balaban J connectivity index is 1.15. The Bertz CT molecular complexity index is 1050. The molecule has 2 amide bonds. The molecule has 1 saturated heterocycles. The molecule has 0 radical (unpaired) electrons. The first-order valence-corrected chi connectivity index (χ1v) is 13.5. The van der Waals surface area contributed by atoms with E-state index >= 15 is 0 Å². The van der Waals surface area contributed by atoms with Crippen LogP contribution in [0.3, 0.4) is 0 Å². The van der Waals surface area contributed by atoms with Crippen molar-refractivity contribution in [2.75, 3.05) is 13.1 Å². The Morgan fingerprint density at radius 1 is 1.06 bits per heavy atom. The van der Waals surface area contributed by atoms with Gasteiger partial charge >= 0.3 is 0 Å². The lowest BCUT2D eigenvalue weighted by Gasteiger charge is -2.55. The molecule has 1 aliphatic heterocycles. The second-order valence-corrected chi connectivity index (χ2v) is 11.7. The molecule has 6 heteroatoms. The molecule has 1 atom stereocenters. The number of aromatic nitrogens is 2. The number of fused-ring (bicyclic) bond motifs is 1. The largest absolute Gasteiger partial charge is 0.355 e. The predicted octanol–water partition coefficient (Wildman–Crippen LogP) is 4.31. The number of hydrogen-bond acceptors (Lipinski definition) is 3. The summed E-state index contributed by atoms with van der Waals surface area (Å²) in [6, 6.07) is 8.36. The standard InChI is InChI=1S/C28H38N4O2/c1-19-6-4-5-11-31(19)26(33)18-32-24-8-3-2-7-23(24)30-25(32)9-10-29-27(34)28-15-20-12-21(16-28)14-22(13-20)17-28/h2-3,7-8,19-22H,4-6,9-18H2,1H3,(H,29,34). The molecular weight excluding hydrogens is 424 g/mol. The first kappa shape index (κ1) is 22.1. The van der Waals surface area contributed by atoms with Crippen LogP contribution < -0.4 is 5.32 Å². The number of rotatable bonds is 6. The third-order valence-electron chi connectivity index (χ3n) is 9.30. The smallest absolute Gasteiger partial charge is 0.242 e. The van der Waals surface area contributed by atoms with Crippen LogP contribution in [0.5, 0.6) is 0 Å². The third kappa shape index (κ3) is 3.93. The summed E-state index contributed by atoms with van der Waals surface area (Å²) in [6.45, 7) is 3.91. The van der Waals surface area contributed by atoms with Gasteiger partial charge in [0.1, 0.15) is 12.4 Å². The van der Waals surface area contributed by atoms with Crippen LogP contribution >= 0.6 is 0 Å². The Hall–Kier alpha value is -2.37. The molecule has 7 rings (SSSR count). The topological polar surface area (TPSA) is 67.2 Å². The number of carbonyl (C=O) groups excluding carboxylic acids is 2. The number of piperidine rings is 1. The van der Waals surface area contributed by atoms with Gasteiger partial charge in [-0.1, -0.05) is 12.1 Å². The van der Waals surface area contributed by atoms with Crippen molar-refractivity contribution in [2.45, 2.75) is 83.7 Å². The van der Waals surface area contributed by atoms with Crippen molar-refractivity contribution < 1.29 is 9.59 Å². The highest BCUT2D eigenvalue weighted by atomic mass is 16.2. The van der Waals surface area contributed by atoms with Crippen molar-refractivity contribution >= 4 is 22.8 Å². The van der Waals surface area contributed by atoms with E-state index in [1.54, 1.807) is 0 Å². The molecule has 1 N–H and O–H groups in total. The van der Waals surface area contributed by atoms with Crippen LogP contribution in [0.1, 0.15) is 70.5 Å². The number of nitrogens with one attached hydrogen (secondary N) is 1. The van der Waals surface area contributed by atoms with Crippen molar-refractivity contribution in [1.82, 2.24) is 19.8 Å². The summed E-state index contributed by atoms with van der Waals surface area (Å²) >= 11 is 0. The second-order valence-electron chi connectivity index (χ2n) is 11.7. The maximum absolute atomic E-state index is 13.4. The zero-order valence-corrected chi connectivity index (χ0v) is 20.5. The Morgan fingerprint density at radius 2 is 1.76 bits per heavy atom. The summed E-state index contributed by atoms with van der Waals surface area (Å²) in [5.41, 5.74) is 1.81. The van der Waals surface area contributed by atoms with Crippen molar-refractivity contribution in [3.8, 4) is 0 Å². The second kappa shape index (κ2) is 8.69. The van der Waals surface area contributed by atoms with Gasteiger partial charge in [0.05, 0.1) is 11.0 Å². The van der Waals surface area contributed by atoms with Gasteiger partial charge in [-0.15, -0.1) is 0 Å². The number of para-hydroxylation sites is 2. The molecule has 5 fully saturated rings. The van der Waals surface area contributed by atoms with Crippen LogP contribution in [0.25, 0.3) is 11.0 Å². The quantitative estimate of drug-likeness (QED) is 0.696. The lowest BCUT2D eigenvalue weighted by atomic mass is 9.49. The number of nitrogens with zero attached hydrogens (tertiary/aromatic N) is 3. The van der Waals surface area contributed by atoms with Crippen molar-refractivity contribution in [1.29, 1.82) is 0 Å². The van der Waals surface area contributed by atoms with Gasteiger partial charge in [0.25, 0.3) is 0 Å². The summed E-state index contributed by atoms with van der Waals surface area (Å²) in [4.78, 5) is 33.5. The summed E-state index contributed by atoms with van der Waals surface area (Å²) in [6.07, 6.45) is 11.3. The first-order chi connectivity index (χ1) is 16.5. The average Bonchev–Trinajstić information content (AvgIpc) is 3.15.